The van der Waals surface area contributed by atoms with E-state index in [0.717, 1.165) is 51.4 Å². The molecule has 2 aliphatic heterocycles. The van der Waals surface area contributed by atoms with Gasteiger partial charge in [0.15, 0.2) is 0 Å². The highest BCUT2D eigenvalue weighted by atomic mass is 16.5. The van der Waals surface area contributed by atoms with Gasteiger partial charge in [0.1, 0.15) is 12.4 Å². The summed E-state index contributed by atoms with van der Waals surface area (Å²) in [7, 11) is 1.67. The van der Waals surface area contributed by atoms with E-state index in [1.165, 1.54) is 5.69 Å². The van der Waals surface area contributed by atoms with Gasteiger partial charge in [-0.2, -0.15) is 0 Å². The lowest BCUT2D eigenvalue weighted by Crippen LogP contribution is -2.50. The van der Waals surface area contributed by atoms with Crippen molar-refractivity contribution in [2.45, 2.75) is 12.5 Å². The molecule has 126 valence electrons. The zero-order valence-corrected chi connectivity index (χ0v) is 13.7. The predicted octanol–water partition coefficient (Wildman–Crippen LogP) is 0.722. The average Bonchev–Trinajstić information content (AvgIpc) is 3.13. The highest BCUT2D eigenvalue weighted by molar-refractivity contribution is 5.77. The fourth-order valence-electron chi connectivity index (χ4n) is 3.06. The van der Waals surface area contributed by atoms with Crippen LogP contribution in [0.2, 0.25) is 0 Å². The predicted molar refractivity (Wildman–Crippen MR) is 89.0 cm³/mol. The standard InChI is InChI=1S/C17H25N3O3/c1-22-15-4-2-14(3-5-15)19-8-10-20(11-9-19)17(21)13-23-16-6-7-18-12-16/h2-5,16,18H,6-13H2,1H3/t16-/m0/s1. The molecule has 3 rings (SSSR count). The van der Waals surface area contributed by atoms with Gasteiger partial charge in [-0.05, 0) is 37.2 Å². The minimum Gasteiger partial charge on any atom is -0.497 e. The first-order valence-electron chi connectivity index (χ1n) is 8.25. The van der Waals surface area contributed by atoms with Crippen LogP contribution in [0.25, 0.3) is 0 Å². The summed E-state index contributed by atoms with van der Waals surface area (Å²) in [4.78, 5) is 16.4. The Morgan fingerprint density at radius 2 is 1.96 bits per heavy atom. The maximum atomic E-state index is 12.2. The smallest absolute Gasteiger partial charge is 0.248 e. The van der Waals surface area contributed by atoms with Gasteiger partial charge >= 0.3 is 0 Å². The van der Waals surface area contributed by atoms with Crippen molar-refractivity contribution in [3.63, 3.8) is 0 Å². The maximum absolute atomic E-state index is 12.2. The molecule has 0 saturated carbocycles. The van der Waals surface area contributed by atoms with E-state index in [1.807, 2.05) is 17.0 Å². The average molecular weight is 319 g/mol. The molecule has 6 nitrogen and oxygen atoms in total. The van der Waals surface area contributed by atoms with E-state index in [-0.39, 0.29) is 18.6 Å². The lowest BCUT2D eigenvalue weighted by Gasteiger charge is -2.36. The fourth-order valence-corrected chi connectivity index (χ4v) is 3.06. The Kier molecular flexibility index (Phi) is 5.35. The zero-order valence-electron chi connectivity index (χ0n) is 13.7. The summed E-state index contributed by atoms with van der Waals surface area (Å²) < 4.78 is 10.9. The molecule has 1 amide bonds. The second-order valence-electron chi connectivity index (χ2n) is 5.99. The van der Waals surface area contributed by atoms with Crippen molar-refractivity contribution in [1.29, 1.82) is 0 Å². The number of amides is 1. The summed E-state index contributed by atoms with van der Waals surface area (Å²) in [5.41, 5.74) is 1.17. The summed E-state index contributed by atoms with van der Waals surface area (Å²) in [5, 5.41) is 3.24. The number of piperazine rings is 1. The third-order valence-electron chi connectivity index (χ3n) is 4.53. The number of nitrogens with one attached hydrogen (secondary N) is 1. The van der Waals surface area contributed by atoms with Crippen LogP contribution in [0.5, 0.6) is 5.75 Å². The van der Waals surface area contributed by atoms with Crippen LogP contribution < -0.4 is 15.0 Å². The summed E-state index contributed by atoms with van der Waals surface area (Å²) in [5.74, 6) is 0.965. The van der Waals surface area contributed by atoms with Crippen molar-refractivity contribution < 1.29 is 14.3 Å². The van der Waals surface area contributed by atoms with Gasteiger partial charge in [-0.1, -0.05) is 0 Å². The number of carbonyl (C=O) groups is 1. The van der Waals surface area contributed by atoms with Crippen LogP contribution in [0.1, 0.15) is 6.42 Å². The first-order chi connectivity index (χ1) is 11.3. The number of anilines is 1. The minimum atomic E-state index is 0.103. The third kappa shape index (κ3) is 4.14. The topological polar surface area (TPSA) is 54.0 Å². The number of nitrogens with zero attached hydrogens (tertiary/aromatic N) is 2. The number of hydrogen-bond donors (Lipinski definition) is 1. The van der Waals surface area contributed by atoms with Crippen molar-refractivity contribution in [2.24, 2.45) is 0 Å². The molecule has 1 aromatic carbocycles. The van der Waals surface area contributed by atoms with Crippen molar-refractivity contribution in [3.8, 4) is 5.75 Å². The Bertz CT molecular complexity index is 506. The van der Waals surface area contributed by atoms with Gasteiger partial charge < -0.3 is 24.6 Å². The largest absolute Gasteiger partial charge is 0.497 e. The van der Waals surface area contributed by atoms with Gasteiger partial charge in [0, 0.05) is 38.4 Å². The molecule has 0 radical (unpaired) electrons. The molecule has 2 aliphatic rings. The summed E-state index contributed by atoms with van der Waals surface area (Å²) >= 11 is 0. The van der Waals surface area contributed by atoms with Crippen LogP contribution in [-0.4, -0.2) is 69.9 Å². The van der Waals surface area contributed by atoms with E-state index in [1.54, 1.807) is 7.11 Å². The Balaban J connectivity index is 1.44. The molecule has 1 N–H and O–H groups in total. The highest BCUT2D eigenvalue weighted by Gasteiger charge is 2.23. The fraction of sp³-hybridized carbons (Fsp3) is 0.588. The highest BCUT2D eigenvalue weighted by Crippen LogP contribution is 2.20. The Hall–Kier alpha value is -1.79. The number of rotatable bonds is 5. The van der Waals surface area contributed by atoms with Gasteiger partial charge in [-0.15, -0.1) is 0 Å². The van der Waals surface area contributed by atoms with Crippen LogP contribution in [-0.2, 0) is 9.53 Å². The van der Waals surface area contributed by atoms with Crippen LogP contribution in [0.3, 0.4) is 0 Å². The van der Waals surface area contributed by atoms with Crippen LogP contribution in [0.15, 0.2) is 24.3 Å². The van der Waals surface area contributed by atoms with E-state index in [4.69, 9.17) is 9.47 Å². The number of hydrogen-bond acceptors (Lipinski definition) is 5. The van der Waals surface area contributed by atoms with Crippen molar-refractivity contribution in [3.05, 3.63) is 24.3 Å². The van der Waals surface area contributed by atoms with Gasteiger partial charge in [0.2, 0.25) is 5.91 Å². The summed E-state index contributed by atoms with van der Waals surface area (Å²) in [6.45, 7) is 5.24. The normalized spacial score (nSPS) is 21.5. The van der Waals surface area contributed by atoms with Crippen molar-refractivity contribution >= 4 is 11.6 Å². The number of ether oxygens (including phenoxy) is 2. The lowest BCUT2D eigenvalue weighted by atomic mass is 10.2. The van der Waals surface area contributed by atoms with E-state index < -0.39 is 0 Å². The summed E-state index contributed by atoms with van der Waals surface area (Å²) in [6.07, 6.45) is 1.19. The molecule has 0 spiro atoms. The molecule has 2 saturated heterocycles. The molecular formula is C17H25N3O3. The lowest BCUT2D eigenvalue weighted by molar-refractivity contribution is -0.138. The maximum Gasteiger partial charge on any atom is 0.248 e. The first kappa shape index (κ1) is 16.1. The molecule has 2 fully saturated rings. The van der Waals surface area contributed by atoms with Crippen LogP contribution >= 0.6 is 0 Å². The SMILES string of the molecule is COc1ccc(N2CCN(C(=O)CO[C@H]3CCNC3)CC2)cc1. The van der Waals surface area contributed by atoms with Gasteiger partial charge in [-0.25, -0.2) is 0 Å². The number of benzene rings is 1. The van der Waals surface area contributed by atoms with Crippen LogP contribution in [0.4, 0.5) is 5.69 Å². The second-order valence-corrected chi connectivity index (χ2v) is 5.99. The Labute approximate surface area is 137 Å². The van der Waals surface area contributed by atoms with Crippen molar-refractivity contribution in [1.82, 2.24) is 10.2 Å². The monoisotopic (exact) mass is 319 g/mol. The molecule has 2 heterocycles. The van der Waals surface area contributed by atoms with Gasteiger partial charge in [0.25, 0.3) is 0 Å². The van der Waals surface area contributed by atoms with Crippen LogP contribution in [0, 0.1) is 0 Å². The first-order valence-corrected chi connectivity index (χ1v) is 8.25. The third-order valence-corrected chi connectivity index (χ3v) is 4.53. The molecule has 1 aromatic rings. The second kappa shape index (κ2) is 7.66. The molecule has 0 aliphatic carbocycles. The van der Waals surface area contributed by atoms with Crippen molar-refractivity contribution in [2.75, 3.05) is 57.9 Å². The van der Waals surface area contributed by atoms with E-state index in [2.05, 4.69) is 22.3 Å². The number of methoxy groups -OCH3 is 1. The molecular weight excluding hydrogens is 294 g/mol. The number of carbonyl (C=O) groups excluding carboxylic acids is 1. The molecule has 0 unspecified atom stereocenters. The summed E-state index contributed by atoms with van der Waals surface area (Å²) in [6, 6.07) is 8.06. The zero-order chi connectivity index (χ0) is 16.1. The van der Waals surface area contributed by atoms with Gasteiger partial charge in [-0.3, -0.25) is 4.79 Å². The molecule has 0 aromatic heterocycles. The van der Waals surface area contributed by atoms with Gasteiger partial charge in [0.05, 0.1) is 13.2 Å². The quantitative estimate of drug-likeness (QED) is 0.867. The van der Waals surface area contributed by atoms with E-state index in [9.17, 15) is 4.79 Å². The van der Waals surface area contributed by atoms with E-state index >= 15 is 0 Å². The van der Waals surface area contributed by atoms with E-state index in [0.29, 0.717) is 0 Å². The molecule has 23 heavy (non-hydrogen) atoms. The molecule has 6 heteroatoms. The Morgan fingerprint density at radius 3 is 2.57 bits per heavy atom. The minimum absolute atomic E-state index is 0.103. The Morgan fingerprint density at radius 1 is 1.22 bits per heavy atom. The molecule has 0 bridgehead atoms. The molecule has 1 atom stereocenters.